The zero-order valence-electron chi connectivity index (χ0n) is 13.0. The van der Waals surface area contributed by atoms with E-state index in [9.17, 15) is 0 Å². The van der Waals surface area contributed by atoms with Gasteiger partial charge in [0, 0.05) is 5.41 Å². The minimum absolute atomic E-state index is 0.0161. The van der Waals surface area contributed by atoms with E-state index in [1.165, 1.54) is 33.9 Å². The third-order valence-electron chi connectivity index (χ3n) is 4.78. The minimum atomic E-state index is -0.0161. The molecule has 0 fully saturated rings. The fraction of sp³-hybridized carbons (Fsp3) is 0.143. The Hall–Kier alpha value is -2.54. The summed E-state index contributed by atoms with van der Waals surface area (Å²) in [6, 6.07) is 20.5. The lowest BCUT2D eigenvalue weighted by Crippen LogP contribution is -2.28. The van der Waals surface area contributed by atoms with E-state index in [4.69, 9.17) is 0 Å². The summed E-state index contributed by atoms with van der Waals surface area (Å²) in [7, 11) is 0. The molecule has 0 atom stereocenters. The molecule has 2 aliphatic rings. The Bertz CT molecular complexity index is 822. The Morgan fingerprint density at radius 2 is 1.64 bits per heavy atom. The average Bonchev–Trinajstić information content (AvgIpc) is 2.77. The highest BCUT2D eigenvalue weighted by Gasteiger charge is 2.43. The highest BCUT2D eigenvalue weighted by atomic mass is 15.0. The maximum absolute atomic E-state index is 4.22. The standard InChI is InChI=1S/C21H19N/c1-21(2)18-12-8-7-11-16(18)17-13-14-22(3)20(19(17)21)15-9-5-4-6-10-15/h4-14H,3H2,1-2H3. The van der Waals surface area contributed by atoms with Crippen molar-refractivity contribution in [2.45, 2.75) is 19.3 Å². The number of nitrogens with zero attached hydrogens (tertiary/aromatic N) is 1. The van der Waals surface area contributed by atoms with Crippen LogP contribution >= 0.6 is 0 Å². The molecule has 0 radical (unpaired) electrons. The largest absolute Gasteiger partial charge is 0.255 e. The van der Waals surface area contributed by atoms with Gasteiger partial charge < -0.3 is 0 Å². The van der Waals surface area contributed by atoms with E-state index in [1.807, 2.05) is 4.58 Å². The molecule has 2 aromatic rings. The van der Waals surface area contributed by atoms with Crippen molar-refractivity contribution in [1.29, 1.82) is 0 Å². The van der Waals surface area contributed by atoms with Gasteiger partial charge in [0.05, 0.1) is 6.72 Å². The number of benzene rings is 2. The minimum Gasteiger partial charge on any atom is -0.255 e. The lowest BCUT2D eigenvalue weighted by Gasteiger charge is -2.32. The van der Waals surface area contributed by atoms with Crippen molar-refractivity contribution in [3.05, 3.63) is 95.2 Å². The number of hydrogen-bond acceptors (Lipinski definition) is 0. The van der Waals surface area contributed by atoms with Crippen LogP contribution in [0.2, 0.25) is 0 Å². The van der Waals surface area contributed by atoms with E-state index >= 15 is 0 Å². The molecule has 0 amide bonds. The second kappa shape index (κ2) is 4.48. The fourth-order valence-electron chi connectivity index (χ4n) is 3.75. The average molecular weight is 285 g/mol. The predicted molar refractivity (Wildman–Crippen MR) is 91.7 cm³/mol. The van der Waals surface area contributed by atoms with E-state index < -0.39 is 0 Å². The third-order valence-corrected chi connectivity index (χ3v) is 4.78. The molecule has 1 nitrogen and oxygen atoms in total. The molecule has 1 aliphatic carbocycles. The van der Waals surface area contributed by atoms with Crippen LogP contribution in [0.1, 0.15) is 30.5 Å². The molecule has 0 bridgehead atoms. The van der Waals surface area contributed by atoms with Gasteiger partial charge in [-0.2, -0.15) is 0 Å². The van der Waals surface area contributed by atoms with Crippen LogP contribution in [0, 0.1) is 6.04 Å². The smallest absolute Gasteiger partial charge is 0.151 e. The van der Waals surface area contributed by atoms with Crippen LogP contribution in [0.4, 0.5) is 0 Å². The summed E-state index contributed by atoms with van der Waals surface area (Å²) in [4.78, 5) is 0. The molecule has 0 unspecified atom stereocenters. The quantitative estimate of drug-likeness (QED) is 0.534. The predicted octanol–water partition coefficient (Wildman–Crippen LogP) is 4.55. The molecule has 2 aromatic carbocycles. The molecule has 0 spiro atoms. The van der Waals surface area contributed by atoms with Gasteiger partial charge in [0.1, 0.15) is 6.20 Å². The molecular formula is C21H19N. The zero-order valence-corrected chi connectivity index (χ0v) is 13.0. The summed E-state index contributed by atoms with van der Waals surface area (Å²) >= 11 is 0. The SMILES string of the molecule is C=[N+]1C=CC2=C([C-]1c1ccccc1)C(C)(C)c1ccccc12. The second-order valence-electron chi connectivity index (χ2n) is 6.46. The van der Waals surface area contributed by atoms with Gasteiger partial charge in [-0.3, -0.25) is 4.58 Å². The van der Waals surface area contributed by atoms with Gasteiger partial charge in [0.25, 0.3) is 0 Å². The van der Waals surface area contributed by atoms with Crippen LogP contribution in [0.15, 0.2) is 72.4 Å². The summed E-state index contributed by atoms with van der Waals surface area (Å²) in [5, 5.41) is 0. The first kappa shape index (κ1) is 13.1. The van der Waals surface area contributed by atoms with Crippen molar-refractivity contribution >= 4 is 12.3 Å². The molecule has 1 aliphatic heterocycles. The molecule has 0 saturated heterocycles. The van der Waals surface area contributed by atoms with Crippen LogP contribution in [0.5, 0.6) is 0 Å². The van der Waals surface area contributed by atoms with Gasteiger partial charge >= 0.3 is 0 Å². The van der Waals surface area contributed by atoms with E-state index in [2.05, 4.69) is 87.4 Å². The molecule has 4 rings (SSSR count). The van der Waals surface area contributed by atoms with Gasteiger partial charge in [-0.25, -0.2) is 0 Å². The maximum atomic E-state index is 4.22. The topological polar surface area (TPSA) is 3.01 Å². The summed E-state index contributed by atoms with van der Waals surface area (Å²) < 4.78 is 2.00. The summed E-state index contributed by atoms with van der Waals surface area (Å²) in [5.41, 5.74) is 6.65. The normalized spacial score (nSPS) is 18.5. The Labute approximate surface area is 131 Å². The van der Waals surface area contributed by atoms with Gasteiger partial charge in [0.15, 0.2) is 6.04 Å². The number of hydrogen-bond donors (Lipinski definition) is 0. The van der Waals surface area contributed by atoms with Gasteiger partial charge in [-0.05, 0) is 28.3 Å². The van der Waals surface area contributed by atoms with E-state index in [0.29, 0.717) is 0 Å². The monoisotopic (exact) mass is 285 g/mol. The molecular weight excluding hydrogens is 266 g/mol. The van der Waals surface area contributed by atoms with Gasteiger partial charge in [0.2, 0.25) is 0 Å². The summed E-state index contributed by atoms with van der Waals surface area (Å²) in [5.74, 6) is 0. The fourth-order valence-corrected chi connectivity index (χ4v) is 3.75. The van der Waals surface area contributed by atoms with Crippen molar-refractivity contribution in [2.75, 3.05) is 0 Å². The van der Waals surface area contributed by atoms with Crippen LogP contribution in [0.25, 0.3) is 5.57 Å². The number of fused-ring (bicyclic) bond motifs is 2. The van der Waals surface area contributed by atoms with Crippen molar-refractivity contribution in [3.8, 4) is 0 Å². The third kappa shape index (κ3) is 1.66. The van der Waals surface area contributed by atoms with E-state index in [-0.39, 0.29) is 5.41 Å². The van der Waals surface area contributed by atoms with Crippen LogP contribution in [-0.2, 0) is 5.41 Å². The number of allylic oxidation sites excluding steroid dienone is 2. The van der Waals surface area contributed by atoms with Crippen molar-refractivity contribution in [1.82, 2.24) is 0 Å². The Balaban J connectivity index is 1.98. The summed E-state index contributed by atoms with van der Waals surface area (Å²) in [6.07, 6.45) is 4.27. The first-order valence-electron chi connectivity index (χ1n) is 7.66. The summed E-state index contributed by atoms with van der Waals surface area (Å²) in [6.45, 7) is 8.84. The first-order valence-corrected chi connectivity index (χ1v) is 7.66. The van der Waals surface area contributed by atoms with Crippen molar-refractivity contribution in [3.63, 3.8) is 0 Å². The zero-order chi connectivity index (χ0) is 15.3. The van der Waals surface area contributed by atoms with E-state index in [1.54, 1.807) is 0 Å². The molecule has 1 heteroatoms. The maximum Gasteiger partial charge on any atom is 0.151 e. The van der Waals surface area contributed by atoms with Gasteiger partial charge in [-0.15, -0.1) is 12.1 Å². The lowest BCUT2D eigenvalue weighted by atomic mass is 9.75. The van der Waals surface area contributed by atoms with Crippen molar-refractivity contribution in [2.24, 2.45) is 0 Å². The molecule has 0 saturated carbocycles. The lowest BCUT2D eigenvalue weighted by molar-refractivity contribution is -0.420. The first-order chi connectivity index (χ1) is 10.6. The van der Waals surface area contributed by atoms with Crippen LogP contribution in [-0.4, -0.2) is 11.3 Å². The van der Waals surface area contributed by atoms with Crippen molar-refractivity contribution < 1.29 is 4.58 Å². The van der Waals surface area contributed by atoms with Crippen LogP contribution < -0.4 is 0 Å². The molecule has 0 aromatic heterocycles. The number of rotatable bonds is 1. The van der Waals surface area contributed by atoms with Crippen LogP contribution in [0.3, 0.4) is 0 Å². The molecule has 22 heavy (non-hydrogen) atoms. The molecule has 108 valence electrons. The highest BCUT2D eigenvalue weighted by Crippen LogP contribution is 2.53. The molecule has 1 heterocycles. The van der Waals surface area contributed by atoms with E-state index in [0.717, 1.165) is 0 Å². The Morgan fingerprint density at radius 3 is 2.41 bits per heavy atom. The molecule has 0 N–H and O–H groups in total. The highest BCUT2D eigenvalue weighted by molar-refractivity contribution is 5.89. The van der Waals surface area contributed by atoms with Gasteiger partial charge in [-0.1, -0.05) is 61.9 Å². The Kier molecular flexibility index (Phi) is 2.67. The Morgan fingerprint density at radius 1 is 0.955 bits per heavy atom. The second-order valence-corrected chi connectivity index (χ2v) is 6.46.